The third-order valence-electron chi connectivity index (χ3n) is 3.49. The van der Waals surface area contributed by atoms with E-state index in [-0.39, 0.29) is 24.5 Å². The second-order valence-electron chi connectivity index (χ2n) is 4.95. The summed E-state index contributed by atoms with van der Waals surface area (Å²) in [5.41, 5.74) is 0.341. The highest BCUT2D eigenvalue weighted by atomic mass is 16.5. The number of methoxy groups -OCH3 is 2. The molecule has 0 aliphatic carbocycles. The summed E-state index contributed by atoms with van der Waals surface area (Å²) in [6, 6.07) is 5.14. The van der Waals surface area contributed by atoms with E-state index in [1.807, 2.05) is 0 Å². The largest absolute Gasteiger partial charge is 0.496 e. The predicted octanol–water partition coefficient (Wildman–Crippen LogP) is 0.291. The molecular weight excluding hydrogens is 288 g/mol. The van der Waals surface area contributed by atoms with Crippen molar-refractivity contribution < 1.29 is 23.8 Å². The van der Waals surface area contributed by atoms with Gasteiger partial charge in [-0.05, 0) is 12.1 Å². The van der Waals surface area contributed by atoms with Crippen molar-refractivity contribution in [3.8, 4) is 11.5 Å². The zero-order chi connectivity index (χ0) is 16.1. The van der Waals surface area contributed by atoms with Crippen molar-refractivity contribution in [1.82, 2.24) is 10.2 Å². The molecule has 0 aromatic heterocycles. The molecule has 1 aliphatic rings. The van der Waals surface area contributed by atoms with Crippen LogP contribution in [-0.2, 0) is 9.53 Å². The van der Waals surface area contributed by atoms with Gasteiger partial charge < -0.3 is 24.4 Å². The summed E-state index contributed by atoms with van der Waals surface area (Å²) < 4.78 is 15.8. The summed E-state index contributed by atoms with van der Waals surface area (Å²) in [6.45, 7) is 0.787. The van der Waals surface area contributed by atoms with Gasteiger partial charge in [-0.25, -0.2) is 0 Å². The molecule has 1 aromatic rings. The zero-order valence-electron chi connectivity index (χ0n) is 12.9. The van der Waals surface area contributed by atoms with E-state index in [2.05, 4.69) is 5.32 Å². The Morgan fingerprint density at radius 3 is 2.55 bits per heavy atom. The highest BCUT2D eigenvalue weighted by Crippen LogP contribution is 2.27. The van der Waals surface area contributed by atoms with Crippen molar-refractivity contribution in [3.63, 3.8) is 0 Å². The van der Waals surface area contributed by atoms with Gasteiger partial charge in [0, 0.05) is 20.1 Å². The number of hydrogen-bond donors (Lipinski definition) is 1. The lowest BCUT2D eigenvalue weighted by Gasteiger charge is -2.30. The molecule has 1 atom stereocenters. The molecule has 1 fully saturated rings. The van der Waals surface area contributed by atoms with Gasteiger partial charge in [0.05, 0.1) is 20.3 Å². The molecule has 120 valence electrons. The van der Waals surface area contributed by atoms with Gasteiger partial charge in [-0.1, -0.05) is 6.07 Å². The van der Waals surface area contributed by atoms with E-state index in [4.69, 9.17) is 14.2 Å². The molecule has 1 aromatic carbocycles. The van der Waals surface area contributed by atoms with Crippen molar-refractivity contribution in [3.05, 3.63) is 23.8 Å². The highest BCUT2D eigenvalue weighted by Gasteiger charge is 2.25. The number of nitrogens with zero attached hydrogens (tertiary/aromatic N) is 1. The van der Waals surface area contributed by atoms with Gasteiger partial charge in [-0.2, -0.15) is 0 Å². The average Bonchev–Trinajstić information content (AvgIpc) is 2.54. The Kier molecular flexibility index (Phi) is 5.21. The van der Waals surface area contributed by atoms with Crippen molar-refractivity contribution in [1.29, 1.82) is 0 Å². The fraction of sp³-hybridized carbons (Fsp3) is 0.467. The molecule has 22 heavy (non-hydrogen) atoms. The van der Waals surface area contributed by atoms with Crippen molar-refractivity contribution in [2.24, 2.45) is 0 Å². The molecule has 0 saturated carbocycles. The van der Waals surface area contributed by atoms with Crippen LogP contribution in [0.4, 0.5) is 0 Å². The van der Waals surface area contributed by atoms with E-state index in [0.717, 1.165) is 0 Å². The van der Waals surface area contributed by atoms with Gasteiger partial charge >= 0.3 is 0 Å². The maximum absolute atomic E-state index is 12.4. The monoisotopic (exact) mass is 308 g/mol. The zero-order valence-corrected chi connectivity index (χ0v) is 12.9. The van der Waals surface area contributed by atoms with Gasteiger partial charge in [0.2, 0.25) is 5.91 Å². The van der Waals surface area contributed by atoms with Crippen LogP contribution < -0.4 is 14.8 Å². The number of amides is 2. The van der Waals surface area contributed by atoms with Crippen LogP contribution in [0.5, 0.6) is 11.5 Å². The lowest BCUT2D eigenvalue weighted by Crippen LogP contribution is -2.48. The second-order valence-corrected chi connectivity index (χ2v) is 4.95. The average molecular weight is 308 g/mol. The van der Waals surface area contributed by atoms with Gasteiger partial charge in [-0.3, -0.25) is 9.59 Å². The van der Waals surface area contributed by atoms with Crippen LogP contribution in [0.2, 0.25) is 0 Å². The third-order valence-corrected chi connectivity index (χ3v) is 3.49. The fourth-order valence-corrected chi connectivity index (χ4v) is 2.25. The molecule has 7 nitrogen and oxygen atoms in total. The quantitative estimate of drug-likeness (QED) is 0.846. The first-order chi connectivity index (χ1) is 10.6. The Balaban J connectivity index is 2.02. The van der Waals surface area contributed by atoms with Crippen LogP contribution in [0.25, 0.3) is 0 Å². The number of hydrogen-bond acceptors (Lipinski definition) is 5. The Morgan fingerprint density at radius 1 is 1.36 bits per heavy atom. The third kappa shape index (κ3) is 3.48. The predicted molar refractivity (Wildman–Crippen MR) is 79.3 cm³/mol. The number of likely N-dealkylation sites (N-methyl/N-ethyl adjacent to an activating group) is 1. The Labute approximate surface area is 129 Å². The van der Waals surface area contributed by atoms with Gasteiger partial charge in [-0.15, -0.1) is 0 Å². The number of nitrogens with one attached hydrogen (secondary N) is 1. The molecule has 2 rings (SSSR count). The van der Waals surface area contributed by atoms with Crippen molar-refractivity contribution in [2.75, 3.05) is 41.0 Å². The molecule has 1 aliphatic heterocycles. The van der Waals surface area contributed by atoms with E-state index < -0.39 is 0 Å². The summed E-state index contributed by atoms with van der Waals surface area (Å²) in [6.07, 6.45) is -0.229. The molecule has 0 radical (unpaired) electrons. The Hall–Kier alpha value is -2.28. The topological polar surface area (TPSA) is 77.1 Å². The van der Waals surface area contributed by atoms with Crippen molar-refractivity contribution in [2.45, 2.75) is 6.10 Å². The molecule has 1 N–H and O–H groups in total. The van der Waals surface area contributed by atoms with Crippen LogP contribution in [0, 0.1) is 0 Å². The standard InChI is InChI=1S/C15H20N2O5/c1-17-8-10(22-9-13(17)18)7-16-15(19)14-11(20-2)5-4-6-12(14)21-3/h4-6,10H,7-9H2,1-3H3,(H,16,19). The first-order valence-electron chi connectivity index (χ1n) is 6.91. The van der Waals surface area contributed by atoms with E-state index in [9.17, 15) is 9.59 Å². The van der Waals surface area contributed by atoms with Crippen LogP contribution in [0.1, 0.15) is 10.4 Å². The van der Waals surface area contributed by atoms with Gasteiger partial charge in [0.1, 0.15) is 23.7 Å². The number of rotatable bonds is 5. The lowest BCUT2D eigenvalue weighted by molar-refractivity contribution is -0.146. The SMILES string of the molecule is COc1cccc(OC)c1C(=O)NCC1CN(C)C(=O)CO1. The van der Waals surface area contributed by atoms with Crippen LogP contribution in [-0.4, -0.2) is 63.8 Å². The minimum atomic E-state index is -0.308. The number of benzene rings is 1. The molecular formula is C15H20N2O5. The minimum absolute atomic E-state index is 0.0367. The molecule has 1 saturated heterocycles. The smallest absolute Gasteiger partial charge is 0.258 e. The van der Waals surface area contributed by atoms with E-state index >= 15 is 0 Å². The normalized spacial score (nSPS) is 18.0. The van der Waals surface area contributed by atoms with Gasteiger partial charge in [0.25, 0.3) is 5.91 Å². The van der Waals surface area contributed by atoms with Crippen LogP contribution >= 0.6 is 0 Å². The molecule has 0 spiro atoms. The Morgan fingerprint density at radius 2 is 2.00 bits per heavy atom. The summed E-state index contributed by atoms with van der Waals surface area (Å²) in [7, 11) is 4.70. The summed E-state index contributed by atoms with van der Waals surface area (Å²) >= 11 is 0. The van der Waals surface area contributed by atoms with E-state index in [1.54, 1.807) is 30.1 Å². The number of carbonyl (C=O) groups is 2. The van der Waals surface area contributed by atoms with Gasteiger partial charge in [0.15, 0.2) is 0 Å². The first-order valence-corrected chi connectivity index (χ1v) is 6.91. The second kappa shape index (κ2) is 7.13. The fourth-order valence-electron chi connectivity index (χ4n) is 2.25. The molecule has 1 unspecified atom stereocenters. The molecule has 0 bridgehead atoms. The lowest BCUT2D eigenvalue weighted by atomic mass is 10.1. The van der Waals surface area contributed by atoms with Crippen LogP contribution in [0.15, 0.2) is 18.2 Å². The maximum atomic E-state index is 12.4. The van der Waals surface area contributed by atoms with Crippen LogP contribution in [0.3, 0.4) is 0 Å². The summed E-state index contributed by atoms with van der Waals surface area (Å²) in [5.74, 6) is 0.508. The first kappa shape index (κ1) is 16.1. The van der Waals surface area contributed by atoms with Crippen molar-refractivity contribution >= 4 is 11.8 Å². The molecule has 1 heterocycles. The minimum Gasteiger partial charge on any atom is -0.496 e. The highest BCUT2D eigenvalue weighted by molar-refractivity contribution is 5.99. The number of morpholine rings is 1. The summed E-state index contributed by atoms with van der Waals surface area (Å²) in [4.78, 5) is 25.3. The summed E-state index contributed by atoms with van der Waals surface area (Å²) in [5, 5.41) is 2.79. The van der Waals surface area contributed by atoms with E-state index in [0.29, 0.717) is 30.2 Å². The number of carbonyl (C=O) groups excluding carboxylic acids is 2. The molecule has 2 amide bonds. The molecule has 7 heteroatoms. The maximum Gasteiger partial charge on any atom is 0.258 e. The Bertz CT molecular complexity index is 539. The van der Waals surface area contributed by atoms with E-state index in [1.165, 1.54) is 14.2 Å². The number of ether oxygens (including phenoxy) is 3.